The van der Waals surface area contributed by atoms with Crippen LogP contribution in [0.4, 0.5) is 4.79 Å². The molecular weight excluding hydrogens is 322 g/mol. The van der Waals surface area contributed by atoms with E-state index in [4.69, 9.17) is 4.74 Å². The van der Waals surface area contributed by atoms with Crippen LogP contribution in [-0.2, 0) is 14.3 Å². The molecule has 0 bridgehead atoms. The van der Waals surface area contributed by atoms with Gasteiger partial charge in [-0.3, -0.25) is 9.59 Å². The summed E-state index contributed by atoms with van der Waals surface area (Å²) >= 11 is 0. The Bertz CT molecular complexity index is 477. The number of hydrogen-bond donors (Lipinski definition) is 0. The second-order valence-electron chi connectivity index (χ2n) is 7.89. The van der Waals surface area contributed by atoms with Crippen LogP contribution >= 0.6 is 0 Å². The molecule has 0 aliphatic carbocycles. The van der Waals surface area contributed by atoms with E-state index in [0.717, 1.165) is 0 Å². The van der Waals surface area contributed by atoms with Gasteiger partial charge in [0.2, 0.25) is 5.91 Å². The van der Waals surface area contributed by atoms with Crippen LogP contribution in [0.5, 0.6) is 0 Å². The number of esters is 1. The lowest BCUT2D eigenvalue weighted by Crippen LogP contribution is -2.46. The van der Waals surface area contributed by atoms with Gasteiger partial charge in [-0.15, -0.1) is 0 Å². The zero-order valence-corrected chi connectivity index (χ0v) is 16.5. The van der Waals surface area contributed by atoms with Gasteiger partial charge in [-0.2, -0.15) is 0 Å². The quantitative estimate of drug-likeness (QED) is 0.707. The Labute approximate surface area is 151 Å². The van der Waals surface area contributed by atoms with Crippen LogP contribution in [-0.4, -0.2) is 79.0 Å². The second kappa shape index (κ2) is 9.06. The fourth-order valence-electron chi connectivity index (χ4n) is 2.88. The van der Waals surface area contributed by atoms with Crippen molar-refractivity contribution in [3.8, 4) is 0 Å². The maximum atomic E-state index is 12.5. The lowest BCUT2D eigenvalue weighted by molar-refractivity contribution is -0.155. The van der Waals surface area contributed by atoms with E-state index in [1.54, 1.807) is 35.8 Å². The predicted molar refractivity (Wildman–Crippen MR) is 96.1 cm³/mol. The molecule has 0 aromatic heterocycles. The highest BCUT2D eigenvalue weighted by molar-refractivity contribution is 5.79. The smallest absolute Gasteiger partial charge is 0.319 e. The number of piperidine rings is 1. The summed E-state index contributed by atoms with van der Waals surface area (Å²) in [6, 6.07) is -0.00313. The van der Waals surface area contributed by atoms with E-state index in [2.05, 4.69) is 0 Å². The van der Waals surface area contributed by atoms with Gasteiger partial charge >= 0.3 is 12.0 Å². The molecule has 1 aliphatic heterocycles. The van der Waals surface area contributed by atoms with Crippen molar-refractivity contribution >= 4 is 17.9 Å². The number of carbonyl (C=O) groups is 3. The van der Waals surface area contributed by atoms with Crippen LogP contribution in [0.3, 0.4) is 0 Å². The molecule has 3 amide bonds. The zero-order valence-electron chi connectivity index (χ0n) is 16.5. The molecule has 1 heterocycles. The van der Waals surface area contributed by atoms with Crippen molar-refractivity contribution in [3.05, 3.63) is 0 Å². The number of rotatable bonds is 5. The Kier molecular flexibility index (Phi) is 7.70. The highest BCUT2D eigenvalue weighted by Gasteiger charge is 2.29. The molecule has 0 atom stereocenters. The summed E-state index contributed by atoms with van der Waals surface area (Å²) < 4.78 is 5.27. The Balaban J connectivity index is 2.33. The molecule has 0 spiro atoms. The number of nitrogens with zero attached hydrogens (tertiary/aromatic N) is 3. The molecule has 0 aromatic rings. The third kappa shape index (κ3) is 7.32. The molecule has 7 heteroatoms. The van der Waals surface area contributed by atoms with Gasteiger partial charge in [0.1, 0.15) is 5.60 Å². The highest BCUT2D eigenvalue weighted by atomic mass is 16.6. The first-order valence-corrected chi connectivity index (χ1v) is 8.94. The lowest BCUT2D eigenvalue weighted by Gasteiger charge is -2.34. The van der Waals surface area contributed by atoms with Gasteiger partial charge in [-0.1, -0.05) is 0 Å². The second-order valence-corrected chi connectivity index (χ2v) is 7.89. The van der Waals surface area contributed by atoms with E-state index in [1.165, 1.54) is 0 Å². The Hall–Kier alpha value is -1.79. The lowest BCUT2D eigenvalue weighted by atomic mass is 9.95. The Morgan fingerprint density at radius 2 is 1.64 bits per heavy atom. The van der Waals surface area contributed by atoms with Gasteiger partial charge in [0.05, 0.1) is 0 Å². The standard InChI is InChI=1S/C18H33N3O4/c1-18(2,3)25-15(22)8-7-11-20(6)16(23)14-9-12-21(13-10-14)17(24)19(4)5/h14H,7-13H2,1-6H3. The van der Waals surface area contributed by atoms with Gasteiger partial charge in [0.25, 0.3) is 0 Å². The molecule has 144 valence electrons. The molecule has 0 saturated carbocycles. The van der Waals surface area contributed by atoms with Crippen LogP contribution in [0.2, 0.25) is 0 Å². The molecule has 1 rings (SSSR count). The van der Waals surface area contributed by atoms with Gasteiger partial charge in [-0.05, 0) is 40.0 Å². The SMILES string of the molecule is CN(C)C(=O)N1CCC(C(=O)N(C)CCCC(=O)OC(C)(C)C)CC1. The van der Waals surface area contributed by atoms with Gasteiger partial charge in [-0.25, -0.2) is 4.79 Å². The van der Waals surface area contributed by atoms with Crippen LogP contribution < -0.4 is 0 Å². The minimum atomic E-state index is -0.475. The number of urea groups is 1. The molecule has 1 saturated heterocycles. The van der Waals surface area contributed by atoms with Crippen molar-refractivity contribution in [3.63, 3.8) is 0 Å². The maximum absolute atomic E-state index is 12.5. The third-order valence-corrected chi connectivity index (χ3v) is 4.17. The minimum Gasteiger partial charge on any atom is -0.460 e. The fourth-order valence-corrected chi connectivity index (χ4v) is 2.88. The molecule has 25 heavy (non-hydrogen) atoms. The fraction of sp³-hybridized carbons (Fsp3) is 0.833. The monoisotopic (exact) mass is 355 g/mol. The van der Waals surface area contributed by atoms with Crippen molar-refractivity contribution in [2.45, 2.75) is 52.1 Å². The van der Waals surface area contributed by atoms with Crippen LogP contribution in [0.15, 0.2) is 0 Å². The van der Waals surface area contributed by atoms with Crippen LogP contribution in [0.25, 0.3) is 0 Å². The summed E-state index contributed by atoms with van der Waals surface area (Å²) in [6.45, 7) is 7.28. The van der Waals surface area contributed by atoms with Gasteiger partial charge in [0, 0.05) is 53.1 Å². The molecule has 0 aromatic carbocycles. The summed E-state index contributed by atoms with van der Waals surface area (Å²) in [4.78, 5) is 41.2. The van der Waals surface area contributed by atoms with Crippen LogP contribution in [0, 0.1) is 5.92 Å². The molecular formula is C18H33N3O4. The summed E-state index contributed by atoms with van der Waals surface area (Å²) in [6.07, 6.45) is 2.28. The summed E-state index contributed by atoms with van der Waals surface area (Å²) in [5.74, 6) is -0.178. The molecule has 0 unspecified atom stereocenters. The summed E-state index contributed by atoms with van der Waals surface area (Å²) in [5.41, 5.74) is -0.475. The first kappa shape index (κ1) is 21.3. The van der Waals surface area contributed by atoms with E-state index in [9.17, 15) is 14.4 Å². The molecule has 0 N–H and O–H groups in total. The number of amides is 3. The predicted octanol–water partition coefficient (Wildman–Crippen LogP) is 1.96. The van der Waals surface area contributed by atoms with E-state index in [0.29, 0.717) is 45.3 Å². The van der Waals surface area contributed by atoms with Gasteiger partial charge in [0.15, 0.2) is 0 Å². The van der Waals surface area contributed by atoms with Crippen molar-refractivity contribution in [1.29, 1.82) is 0 Å². The first-order chi connectivity index (χ1) is 11.5. The molecule has 0 radical (unpaired) electrons. The van der Waals surface area contributed by atoms with Crippen molar-refractivity contribution in [2.24, 2.45) is 5.92 Å². The molecule has 7 nitrogen and oxygen atoms in total. The average molecular weight is 355 g/mol. The van der Waals surface area contributed by atoms with E-state index < -0.39 is 5.60 Å². The average Bonchev–Trinajstić information content (AvgIpc) is 2.51. The van der Waals surface area contributed by atoms with E-state index >= 15 is 0 Å². The highest BCUT2D eigenvalue weighted by Crippen LogP contribution is 2.20. The summed E-state index contributed by atoms with van der Waals surface area (Å²) in [7, 11) is 5.24. The summed E-state index contributed by atoms with van der Waals surface area (Å²) in [5, 5.41) is 0. The van der Waals surface area contributed by atoms with E-state index in [-0.39, 0.29) is 23.8 Å². The minimum absolute atomic E-state index is 0.00313. The first-order valence-electron chi connectivity index (χ1n) is 8.94. The van der Waals surface area contributed by atoms with Gasteiger partial charge < -0.3 is 19.4 Å². The normalized spacial score (nSPS) is 15.7. The number of likely N-dealkylation sites (tertiary alicyclic amines) is 1. The van der Waals surface area contributed by atoms with Crippen molar-refractivity contribution in [1.82, 2.24) is 14.7 Å². The molecule has 1 fully saturated rings. The van der Waals surface area contributed by atoms with Crippen molar-refractivity contribution in [2.75, 3.05) is 40.8 Å². The zero-order chi connectivity index (χ0) is 19.2. The maximum Gasteiger partial charge on any atom is 0.319 e. The molecule has 1 aliphatic rings. The topological polar surface area (TPSA) is 70.2 Å². The Morgan fingerprint density at radius 3 is 2.12 bits per heavy atom. The van der Waals surface area contributed by atoms with Crippen molar-refractivity contribution < 1.29 is 19.1 Å². The largest absolute Gasteiger partial charge is 0.460 e. The third-order valence-electron chi connectivity index (χ3n) is 4.17. The number of hydrogen-bond acceptors (Lipinski definition) is 4. The number of ether oxygens (including phenoxy) is 1. The van der Waals surface area contributed by atoms with E-state index in [1.807, 2.05) is 20.8 Å². The Morgan fingerprint density at radius 1 is 1.08 bits per heavy atom. The van der Waals surface area contributed by atoms with Crippen LogP contribution in [0.1, 0.15) is 46.5 Å². The number of carbonyl (C=O) groups excluding carboxylic acids is 3.